The summed E-state index contributed by atoms with van der Waals surface area (Å²) in [4.78, 5) is 11.4. The van der Waals surface area contributed by atoms with E-state index in [0.717, 1.165) is 21.3 Å². The highest BCUT2D eigenvalue weighted by Crippen LogP contribution is 2.25. The number of hydrogen-bond acceptors (Lipinski definition) is 1. The topological polar surface area (TPSA) is 29.1 Å². The summed E-state index contributed by atoms with van der Waals surface area (Å²) in [7, 11) is 0. The normalized spacial score (nSPS) is 12.3. The third-order valence-corrected chi connectivity index (χ3v) is 2.76. The van der Waals surface area contributed by atoms with Crippen LogP contribution in [0.25, 0.3) is 0 Å². The molecule has 0 aliphatic heterocycles. The quantitative estimate of drug-likeness (QED) is 0.828. The number of carbonyl (C=O) groups is 1. The van der Waals surface area contributed by atoms with E-state index in [-0.39, 0.29) is 5.91 Å². The summed E-state index contributed by atoms with van der Waals surface area (Å²) in [6, 6.07) is 3.92. The number of anilines is 1. The van der Waals surface area contributed by atoms with Crippen molar-refractivity contribution in [3.05, 3.63) is 27.7 Å². The summed E-state index contributed by atoms with van der Waals surface area (Å²) in [5.74, 6) is -0.176. The highest BCUT2D eigenvalue weighted by molar-refractivity contribution is 9.10. The van der Waals surface area contributed by atoms with Gasteiger partial charge in [-0.15, -0.1) is 11.6 Å². The molecule has 0 bridgehead atoms. The molecule has 1 N–H and O–H groups in total. The molecule has 1 aromatic carbocycles. The van der Waals surface area contributed by atoms with Gasteiger partial charge in [0.15, 0.2) is 0 Å². The summed E-state index contributed by atoms with van der Waals surface area (Å²) >= 11 is 9.10. The lowest BCUT2D eigenvalue weighted by Gasteiger charge is -2.13. The van der Waals surface area contributed by atoms with E-state index in [9.17, 15) is 4.79 Å². The maximum atomic E-state index is 11.4. The average Bonchev–Trinajstić information content (AvgIpc) is 2.10. The Morgan fingerprint density at radius 2 is 1.87 bits per heavy atom. The van der Waals surface area contributed by atoms with Crippen molar-refractivity contribution in [2.24, 2.45) is 0 Å². The molecule has 1 atom stereocenters. The summed E-state index contributed by atoms with van der Waals surface area (Å²) in [5.41, 5.74) is 2.88. The summed E-state index contributed by atoms with van der Waals surface area (Å²) in [6.07, 6.45) is 0. The van der Waals surface area contributed by atoms with Crippen LogP contribution in [-0.4, -0.2) is 11.3 Å². The molecular formula is C11H13BrClNO. The van der Waals surface area contributed by atoms with Crippen LogP contribution < -0.4 is 5.32 Å². The number of hydrogen-bond donors (Lipinski definition) is 1. The van der Waals surface area contributed by atoms with E-state index in [1.165, 1.54) is 0 Å². The van der Waals surface area contributed by atoms with Crippen molar-refractivity contribution in [3.8, 4) is 0 Å². The minimum Gasteiger partial charge on any atom is -0.324 e. The van der Waals surface area contributed by atoms with Crippen LogP contribution in [0.1, 0.15) is 18.1 Å². The molecule has 0 saturated carbocycles. The van der Waals surface area contributed by atoms with E-state index < -0.39 is 5.38 Å². The van der Waals surface area contributed by atoms with Crippen LogP contribution in [0.4, 0.5) is 5.69 Å². The van der Waals surface area contributed by atoms with E-state index in [0.29, 0.717) is 0 Å². The lowest BCUT2D eigenvalue weighted by Crippen LogP contribution is -2.21. The van der Waals surface area contributed by atoms with Gasteiger partial charge >= 0.3 is 0 Å². The van der Waals surface area contributed by atoms with Crippen molar-refractivity contribution in [2.45, 2.75) is 26.1 Å². The SMILES string of the molecule is Cc1cc(Br)cc(C)c1NC(=O)C(C)Cl. The van der Waals surface area contributed by atoms with E-state index in [1.54, 1.807) is 6.92 Å². The highest BCUT2D eigenvalue weighted by Gasteiger charge is 2.12. The minimum absolute atomic E-state index is 0.176. The zero-order chi connectivity index (χ0) is 11.6. The van der Waals surface area contributed by atoms with Gasteiger partial charge in [0.2, 0.25) is 5.91 Å². The monoisotopic (exact) mass is 289 g/mol. The Balaban J connectivity index is 3.00. The summed E-state index contributed by atoms with van der Waals surface area (Å²) in [6.45, 7) is 5.55. The molecular weight excluding hydrogens is 277 g/mol. The highest BCUT2D eigenvalue weighted by atomic mass is 79.9. The Bertz CT molecular complexity index is 367. The fraction of sp³-hybridized carbons (Fsp3) is 0.364. The van der Waals surface area contributed by atoms with Crippen molar-refractivity contribution in [1.82, 2.24) is 0 Å². The van der Waals surface area contributed by atoms with Gasteiger partial charge in [0.1, 0.15) is 5.38 Å². The Labute approximate surface area is 103 Å². The predicted molar refractivity (Wildman–Crippen MR) is 67.6 cm³/mol. The Kier molecular flexibility index (Phi) is 4.17. The molecule has 0 radical (unpaired) electrons. The van der Waals surface area contributed by atoms with Crippen LogP contribution >= 0.6 is 27.5 Å². The smallest absolute Gasteiger partial charge is 0.242 e. The first-order chi connectivity index (χ1) is 6.91. The standard InChI is InChI=1S/C11H13BrClNO/c1-6-4-9(12)5-7(2)10(6)14-11(15)8(3)13/h4-5,8H,1-3H3,(H,14,15). The Hall–Kier alpha value is -0.540. The lowest BCUT2D eigenvalue weighted by molar-refractivity contribution is -0.115. The van der Waals surface area contributed by atoms with Gasteiger partial charge in [0.25, 0.3) is 0 Å². The first kappa shape index (κ1) is 12.5. The molecule has 0 heterocycles. The first-order valence-corrected chi connectivity index (χ1v) is 5.86. The molecule has 0 aliphatic carbocycles. The van der Waals surface area contributed by atoms with E-state index in [2.05, 4.69) is 21.2 Å². The van der Waals surface area contributed by atoms with Crippen molar-refractivity contribution >= 4 is 39.1 Å². The Morgan fingerprint density at radius 3 is 2.27 bits per heavy atom. The number of amides is 1. The number of halogens is 2. The van der Waals surface area contributed by atoms with Gasteiger partial charge in [0, 0.05) is 10.2 Å². The van der Waals surface area contributed by atoms with Crippen molar-refractivity contribution < 1.29 is 4.79 Å². The van der Waals surface area contributed by atoms with Gasteiger partial charge in [-0.05, 0) is 44.0 Å². The Morgan fingerprint density at radius 1 is 1.40 bits per heavy atom. The van der Waals surface area contributed by atoms with Gasteiger partial charge in [-0.2, -0.15) is 0 Å². The van der Waals surface area contributed by atoms with Crippen LogP contribution in [0.3, 0.4) is 0 Å². The summed E-state index contributed by atoms with van der Waals surface area (Å²) in [5, 5.41) is 2.29. The number of nitrogens with one attached hydrogen (secondary N) is 1. The third-order valence-electron chi connectivity index (χ3n) is 2.11. The molecule has 1 rings (SSSR count). The molecule has 0 aliphatic rings. The van der Waals surface area contributed by atoms with Crippen molar-refractivity contribution in [3.63, 3.8) is 0 Å². The van der Waals surface area contributed by atoms with E-state index in [1.807, 2.05) is 26.0 Å². The number of alkyl halides is 1. The maximum Gasteiger partial charge on any atom is 0.242 e. The van der Waals surface area contributed by atoms with Crippen LogP contribution in [0, 0.1) is 13.8 Å². The molecule has 15 heavy (non-hydrogen) atoms. The van der Waals surface area contributed by atoms with Gasteiger partial charge < -0.3 is 5.32 Å². The van der Waals surface area contributed by atoms with Crippen LogP contribution in [0.2, 0.25) is 0 Å². The minimum atomic E-state index is -0.521. The average molecular weight is 291 g/mol. The van der Waals surface area contributed by atoms with E-state index in [4.69, 9.17) is 11.6 Å². The van der Waals surface area contributed by atoms with Crippen molar-refractivity contribution in [2.75, 3.05) is 5.32 Å². The number of carbonyl (C=O) groups excluding carboxylic acids is 1. The molecule has 82 valence electrons. The largest absolute Gasteiger partial charge is 0.324 e. The third kappa shape index (κ3) is 3.21. The second-order valence-corrected chi connectivity index (χ2v) is 5.09. The number of benzene rings is 1. The zero-order valence-electron chi connectivity index (χ0n) is 8.90. The fourth-order valence-corrected chi connectivity index (χ4v) is 2.07. The molecule has 2 nitrogen and oxygen atoms in total. The molecule has 1 unspecified atom stereocenters. The molecule has 0 fully saturated rings. The molecule has 0 saturated heterocycles. The number of rotatable bonds is 2. The molecule has 1 amide bonds. The fourth-order valence-electron chi connectivity index (χ4n) is 1.33. The van der Waals surface area contributed by atoms with Crippen LogP contribution in [0.15, 0.2) is 16.6 Å². The second-order valence-electron chi connectivity index (χ2n) is 3.52. The number of aryl methyl sites for hydroxylation is 2. The van der Waals surface area contributed by atoms with E-state index >= 15 is 0 Å². The summed E-state index contributed by atoms with van der Waals surface area (Å²) < 4.78 is 1.01. The van der Waals surface area contributed by atoms with Crippen LogP contribution in [0.5, 0.6) is 0 Å². The first-order valence-electron chi connectivity index (χ1n) is 4.63. The molecule has 0 aromatic heterocycles. The molecule has 0 spiro atoms. The molecule has 4 heteroatoms. The zero-order valence-corrected chi connectivity index (χ0v) is 11.2. The van der Waals surface area contributed by atoms with Crippen molar-refractivity contribution in [1.29, 1.82) is 0 Å². The lowest BCUT2D eigenvalue weighted by atomic mass is 10.1. The van der Waals surface area contributed by atoms with Gasteiger partial charge in [-0.1, -0.05) is 15.9 Å². The van der Waals surface area contributed by atoms with Gasteiger partial charge in [-0.25, -0.2) is 0 Å². The van der Waals surface area contributed by atoms with Gasteiger partial charge in [0.05, 0.1) is 0 Å². The maximum absolute atomic E-state index is 11.4. The second kappa shape index (κ2) is 4.99. The van der Waals surface area contributed by atoms with Crippen LogP contribution in [-0.2, 0) is 4.79 Å². The predicted octanol–water partition coefficient (Wildman–Crippen LogP) is 3.63. The van der Waals surface area contributed by atoms with Gasteiger partial charge in [-0.3, -0.25) is 4.79 Å². The molecule has 1 aromatic rings.